The molecular formula is C20H22N6O2. The highest BCUT2D eigenvalue weighted by molar-refractivity contribution is 5.92. The number of carbonyl (C=O) groups excluding carboxylic acids is 1. The van der Waals surface area contributed by atoms with Gasteiger partial charge < -0.3 is 9.64 Å². The molecule has 1 unspecified atom stereocenters. The van der Waals surface area contributed by atoms with Crippen molar-refractivity contribution in [3.63, 3.8) is 0 Å². The molecule has 0 saturated heterocycles. The summed E-state index contributed by atoms with van der Waals surface area (Å²) in [5, 5.41) is 8.39. The minimum atomic E-state index is -0.102. The molecule has 1 atom stereocenters. The minimum Gasteiger partial charge on any atom is -0.374 e. The van der Waals surface area contributed by atoms with Gasteiger partial charge in [0.05, 0.1) is 31.1 Å². The van der Waals surface area contributed by atoms with Gasteiger partial charge in [0.2, 0.25) is 0 Å². The lowest BCUT2D eigenvalue weighted by atomic mass is 9.98. The van der Waals surface area contributed by atoms with Gasteiger partial charge in [-0.05, 0) is 31.2 Å². The van der Waals surface area contributed by atoms with E-state index < -0.39 is 0 Å². The van der Waals surface area contributed by atoms with Gasteiger partial charge in [-0.3, -0.25) is 14.5 Å². The van der Waals surface area contributed by atoms with Crippen molar-refractivity contribution in [2.75, 3.05) is 13.2 Å². The zero-order valence-electron chi connectivity index (χ0n) is 15.9. The van der Waals surface area contributed by atoms with Crippen LogP contribution in [0.4, 0.5) is 0 Å². The van der Waals surface area contributed by atoms with Gasteiger partial charge in [0.25, 0.3) is 5.91 Å². The van der Waals surface area contributed by atoms with E-state index in [9.17, 15) is 4.79 Å². The predicted octanol–water partition coefficient (Wildman–Crippen LogP) is 1.87. The number of pyridine rings is 2. The van der Waals surface area contributed by atoms with E-state index in [4.69, 9.17) is 4.74 Å². The second-order valence-electron chi connectivity index (χ2n) is 6.93. The normalized spacial score (nSPS) is 16.1. The molecule has 0 fully saturated rings. The van der Waals surface area contributed by atoms with Crippen molar-refractivity contribution < 1.29 is 9.53 Å². The van der Waals surface area contributed by atoms with E-state index in [1.54, 1.807) is 21.8 Å². The van der Waals surface area contributed by atoms with Crippen molar-refractivity contribution in [3.8, 4) is 0 Å². The molecule has 0 spiro atoms. The molecule has 3 aromatic heterocycles. The smallest absolute Gasteiger partial charge is 0.272 e. The van der Waals surface area contributed by atoms with Crippen LogP contribution in [-0.4, -0.2) is 48.9 Å². The second-order valence-corrected chi connectivity index (χ2v) is 6.93. The topological polar surface area (TPSA) is 86.0 Å². The first-order valence-electron chi connectivity index (χ1n) is 9.21. The van der Waals surface area contributed by atoms with Gasteiger partial charge in [-0.1, -0.05) is 17.3 Å². The number of aryl methyl sites for hydroxylation is 2. The SMILES string of the molecule is Cc1cccc(C(=O)N2Cc3nnn(C)c3C(COCc3ccccn3)C2)n1. The Kier molecular flexibility index (Phi) is 5.12. The first-order valence-corrected chi connectivity index (χ1v) is 9.21. The van der Waals surface area contributed by atoms with Crippen molar-refractivity contribution in [1.29, 1.82) is 0 Å². The van der Waals surface area contributed by atoms with Crippen molar-refractivity contribution in [1.82, 2.24) is 29.9 Å². The Hall–Kier alpha value is -3.13. The average molecular weight is 378 g/mol. The number of nitrogens with zero attached hydrogens (tertiary/aromatic N) is 6. The van der Waals surface area contributed by atoms with Crippen molar-refractivity contribution in [2.45, 2.75) is 26.0 Å². The minimum absolute atomic E-state index is 0.0128. The monoisotopic (exact) mass is 378 g/mol. The fraction of sp³-hybridized carbons (Fsp3) is 0.350. The Labute approximate surface area is 163 Å². The van der Waals surface area contributed by atoms with Gasteiger partial charge in [-0.15, -0.1) is 5.10 Å². The van der Waals surface area contributed by atoms with E-state index in [2.05, 4.69) is 20.3 Å². The van der Waals surface area contributed by atoms with Crippen LogP contribution >= 0.6 is 0 Å². The highest BCUT2D eigenvalue weighted by Crippen LogP contribution is 2.28. The van der Waals surface area contributed by atoms with E-state index in [1.807, 2.05) is 44.3 Å². The van der Waals surface area contributed by atoms with Crippen LogP contribution in [0.15, 0.2) is 42.6 Å². The highest BCUT2D eigenvalue weighted by Gasteiger charge is 2.33. The largest absolute Gasteiger partial charge is 0.374 e. The maximum atomic E-state index is 13.0. The summed E-state index contributed by atoms with van der Waals surface area (Å²) >= 11 is 0. The number of hydrogen-bond acceptors (Lipinski definition) is 6. The Balaban J connectivity index is 1.50. The van der Waals surface area contributed by atoms with Crippen LogP contribution < -0.4 is 0 Å². The molecule has 0 aromatic carbocycles. The van der Waals surface area contributed by atoms with Crippen molar-refractivity contribution in [3.05, 3.63) is 71.1 Å². The number of aromatic nitrogens is 5. The summed E-state index contributed by atoms with van der Waals surface area (Å²) in [5.41, 5.74) is 3.96. The lowest BCUT2D eigenvalue weighted by Crippen LogP contribution is -2.40. The van der Waals surface area contributed by atoms with Crippen LogP contribution in [0.1, 0.15) is 39.2 Å². The zero-order chi connectivity index (χ0) is 19.5. The molecule has 4 rings (SSSR count). The quantitative estimate of drug-likeness (QED) is 0.674. The van der Waals surface area contributed by atoms with Crippen LogP contribution in [0.25, 0.3) is 0 Å². The van der Waals surface area contributed by atoms with Crippen molar-refractivity contribution in [2.24, 2.45) is 7.05 Å². The third kappa shape index (κ3) is 3.77. The molecule has 3 aromatic rings. The summed E-state index contributed by atoms with van der Waals surface area (Å²) in [6, 6.07) is 11.2. The first-order chi connectivity index (χ1) is 13.6. The van der Waals surface area contributed by atoms with E-state index >= 15 is 0 Å². The molecule has 144 valence electrons. The molecule has 0 N–H and O–H groups in total. The van der Waals surface area contributed by atoms with Gasteiger partial charge >= 0.3 is 0 Å². The number of fused-ring (bicyclic) bond motifs is 1. The average Bonchev–Trinajstić information content (AvgIpc) is 3.09. The zero-order valence-corrected chi connectivity index (χ0v) is 15.9. The van der Waals surface area contributed by atoms with Gasteiger partial charge in [0.15, 0.2) is 0 Å². The van der Waals surface area contributed by atoms with Gasteiger partial charge in [-0.2, -0.15) is 0 Å². The summed E-state index contributed by atoms with van der Waals surface area (Å²) in [4.78, 5) is 23.4. The third-order valence-electron chi connectivity index (χ3n) is 4.80. The van der Waals surface area contributed by atoms with Crippen LogP contribution in [-0.2, 0) is 24.9 Å². The van der Waals surface area contributed by atoms with E-state index in [0.717, 1.165) is 22.8 Å². The number of rotatable bonds is 5. The summed E-state index contributed by atoms with van der Waals surface area (Å²) < 4.78 is 7.68. The third-order valence-corrected chi connectivity index (χ3v) is 4.80. The number of carbonyl (C=O) groups is 1. The van der Waals surface area contributed by atoms with E-state index in [1.165, 1.54) is 0 Å². The van der Waals surface area contributed by atoms with E-state index in [-0.39, 0.29) is 11.8 Å². The lowest BCUT2D eigenvalue weighted by Gasteiger charge is -2.32. The Morgan fingerprint density at radius 1 is 1.25 bits per heavy atom. The molecule has 1 aliphatic rings. The standard InChI is InChI=1S/C20H22N6O2/c1-14-6-5-8-17(22-14)20(27)26-10-15(19-18(11-26)23-24-25(19)2)12-28-13-16-7-3-4-9-21-16/h3-9,15H,10-13H2,1-2H3. The molecule has 0 saturated carbocycles. The predicted molar refractivity (Wildman–Crippen MR) is 101 cm³/mol. The van der Waals surface area contributed by atoms with Crippen molar-refractivity contribution >= 4 is 5.91 Å². The molecule has 0 bridgehead atoms. The first kappa shape index (κ1) is 18.2. The second kappa shape index (κ2) is 7.85. The summed E-state index contributed by atoms with van der Waals surface area (Å²) in [5.74, 6) is -0.115. The lowest BCUT2D eigenvalue weighted by molar-refractivity contribution is 0.0598. The number of hydrogen-bond donors (Lipinski definition) is 0. The molecule has 4 heterocycles. The van der Waals surface area contributed by atoms with Gasteiger partial charge in [0.1, 0.15) is 11.4 Å². The Morgan fingerprint density at radius 2 is 2.14 bits per heavy atom. The Morgan fingerprint density at radius 3 is 2.93 bits per heavy atom. The van der Waals surface area contributed by atoms with Crippen LogP contribution in [0.3, 0.4) is 0 Å². The summed E-state index contributed by atoms with van der Waals surface area (Å²) in [6.07, 6.45) is 1.75. The van der Waals surface area contributed by atoms with Crippen LogP contribution in [0, 0.1) is 6.92 Å². The fourth-order valence-electron chi connectivity index (χ4n) is 3.52. The Bertz CT molecular complexity index is 972. The molecular weight excluding hydrogens is 356 g/mol. The number of ether oxygens (including phenoxy) is 1. The molecule has 28 heavy (non-hydrogen) atoms. The maximum absolute atomic E-state index is 13.0. The maximum Gasteiger partial charge on any atom is 0.272 e. The molecule has 8 nitrogen and oxygen atoms in total. The number of amides is 1. The molecule has 0 aliphatic carbocycles. The summed E-state index contributed by atoms with van der Waals surface area (Å²) in [7, 11) is 1.87. The fourth-order valence-corrected chi connectivity index (χ4v) is 3.52. The van der Waals surface area contributed by atoms with Gasteiger partial charge in [0, 0.05) is 31.4 Å². The van der Waals surface area contributed by atoms with Crippen LogP contribution in [0.2, 0.25) is 0 Å². The molecule has 0 radical (unpaired) electrons. The highest BCUT2D eigenvalue weighted by atomic mass is 16.5. The van der Waals surface area contributed by atoms with Gasteiger partial charge in [-0.25, -0.2) is 4.98 Å². The molecule has 8 heteroatoms. The molecule has 1 amide bonds. The van der Waals surface area contributed by atoms with E-state index in [0.29, 0.717) is 32.0 Å². The summed E-state index contributed by atoms with van der Waals surface area (Å²) in [6.45, 7) is 3.71. The molecule has 1 aliphatic heterocycles. The van der Waals surface area contributed by atoms with Crippen LogP contribution in [0.5, 0.6) is 0 Å².